The Morgan fingerprint density at radius 3 is 2.28 bits per heavy atom. The first-order valence-electron chi connectivity index (χ1n) is 25.3. The maximum atomic E-state index is 14.9. The van der Waals surface area contributed by atoms with E-state index in [1.165, 1.54) is 5.01 Å². The average molecular weight is 983 g/mol. The van der Waals surface area contributed by atoms with E-state index in [1.54, 1.807) is 27.9 Å². The number of carbonyl (C=O) groups is 3. The third kappa shape index (κ3) is 11.1. The molecule has 14 heteroatoms. The van der Waals surface area contributed by atoms with E-state index < -0.39 is 49.6 Å². The summed E-state index contributed by atoms with van der Waals surface area (Å²) < 4.78 is 28.1. The molecule has 0 aliphatic carbocycles. The van der Waals surface area contributed by atoms with Crippen LogP contribution in [0.15, 0.2) is 103 Å². The van der Waals surface area contributed by atoms with Gasteiger partial charge in [0.1, 0.15) is 17.7 Å². The second-order valence-corrected chi connectivity index (χ2v) is 26.5. The molecule has 0 saturated carbocycles. The lowest BCUT2D eigenvalue weighted by Crippen LogP contribution is -2.68. The van der Waals surface area contributed by atoms with E-state index in [0.717, 1.165) is 54.9 Å². The minimum Gasteiger partial charge on any atom is -0.464 e. The zero-order valence-electron chi connectivity index (χ0n) is 43.6. The number of nitrogens with zero attached hydrogens (tertiary/aromatic N) is 4. The Hall–Kier alpha value is -5.64. The van der Waals surface area contributed by atoms with Gasteiger partial charge in [0.25, 0.3) is 14.2 Å². The zero-order chi connectivity index (χ0) is 50.9. The number of alkyl carbamates (subject to hydrolysis) is 1. The standard InChI is InChI=1S/C57H74N6O7Si/c1-12-62-49-28-27-39-32-45(49)46(51(62)44-25-19-29-58-50(44)38(2)67-11)33-57(9,10)37-68-53(65)47-26-20-30-63(60-47)52(64)48(59-54(66)69-55(3,4)5)36-61-34-40(39)31-41(35-61)70-71(56(6,7)8,42-21-15-13-16-22-42)43-23-17-14-18-24-43/h13-19,21-25,27-29,31-32,38,41,47-48,60H,12,20,26,30,33-37H2,1-11H3,(H,59,66)/t38-,41?,47-,48-/m0/s1. The van der Waals surface area contributed by atoms with Crippen LogP contribution < -0.4 is 21.1 Å². The van der Waals surface area contributed by atoms with Gasteiger partial charge < -0.3 is 28.5 Å². The molecule has 0 spiro atoms. The lowest BCUT2D eigenvalue weighted by Gasteiger charge is -2.46. The highest BCUT2D eigenvalue weighted by molar-refractivity contribution is 6.99. The van der Waals surface area contributed by atoms with Crippen LogP contribution in [0.2, 0.25) is 5.04 Å². The highest BCUT2D eigenvalue weighted by atomic mass is 28.4. The third-order valence-corrected chi connectivity index (χ3v) is 19.1. The van der Waals surface area contributed by atoms with Crippen LogP contribution in [0, 0.1) is 5.41 Å². The number of ether oxygens (including phenoxy) is 3. The van der Waals surface area contributed by atoms with E-state index >= 15 is 0 Å². The van der Waals surface area contributed by atoms with Gasteiger partial charge in [-0.3, -0.25) is 24.5 Å². The maximum absolute atomic E-state index is 14.9. The fraction of sp³-hybridized carbons (Fsp3) is 0.474. The van der Waals surface area contributed by atoms with Gasteiger partial charge in [-0.05, 0) is 110 Å². The monoisotopic (exact) mass is 983 g/mol. The molecule has 378 valence electrons. The molecule has 5 aromatic rings. The lowest BCUT2D eigenvalue weighted by atomic mass is 9.84. The van der Waals surface area contributed by atoms with Crippen molar-refractivity contribution in [2.24, 2.45) is 5.41 Å². The minimum atomic E-state index is -3.10. The van der Waals surface area contributed by atoms with Crippen molar-refractivity contribution < 1.29 is 33.0 Å². The molecule has 13 nitrogen and oxygen atoms in total. The Morgan fingerprint density at radius 1 is 0.958 bits per heavy atom. The van der Waals surface area contributed by atoms with Gasteiger partial charge in [-0.2, -0.15) is 0 Å². The molecule has 2 aromatic heterocycles. The number of amides is 2. The van der Waals surface area contributed by atoms with Crippen LogP contribution in [0.1, 0.15) is 105 Å². The van der Waals surface area contributed by atoms with Gasteiger partial charge in [0, 0.05) is 67.9 Å². The highest BCUT2D eigenvalue weighted by Gasteiger charge is 2.52. The maximum Gasteiger partial charge on any atom is 0.408 e. The minimum absolute atomic E-state index is 0.142. The predicted octanol–water partition coefficient (Wildman–Crippen LogP) is 8.59. The first-order chi connectivity index (χ1) is 33.7. The number of aryl methyl sites for hydroxylation is 1. The van der Waals surface area contributed by atoms with Crippen molar-refractivity contribution in [2.75, 3.05) is 39.9 Å². The number of rotatable bonds is 9. The summed E-state index contributed by atoms with van der Waals surface area (Å²) in [6.07, 6.45) is 4.36. The predicted molar refractivity (Wildman–Crippen MR) is 283 cm³/mol. The largest absolute Gasteiger partial charge is 0.464 e. The van der Waals surface area contributed by atoms with Gasteiger partial charge in [0.2, 0.25) is 0 Å². The number of nitrogens with one attached hydrogen (secondary N) is 2. The number of pyridine rings is 1. The second-order valence-electron chi connectivity index (χ2n) is 22.3. The number of esters is 1. The molecule has 2 amide bonds. The van der Waals surface area contributed by atoms with Crippen molar-refractivity contribution in [3.05, 3.63) is 120 Å². The van der Waals surface area contributed by atoms with Crippen LogP contribution in [0.25, 0.3) is 27.7 Å². The number of benzene rings is 3. The highest BCUT2D eigenvalue weighted by Crippen LogP contribution is 2.43. The quantitative estimate of drug-likeness (QED) is 0.109. The molecule has 0 radical (unpaired) electrons. The number of carbonyl (C=O) groups excluding carboxylic acids is 3. The molecular formula is C57H74N6O7Si. The third-order valence-electron chi connectivity index (χ3n) is 14.1. The molecule has 5 heterocycles. The Morgan fingerprint density at radius 2 is 1.65 bits per heavy atom. The summed E-state index contributed by atoms with van der Waals surface area (Å²) in [6.45, 7) is 22.9. The summed E-state index contributed by atoms with van der Waals surface area (Å²) >= 11 is 0. The first-order valence-corrected chi connectivity index (χ1v) is 27.2. The Bertz CT molecular complexity index is 2700. The number of methoxy groups -OCH3 is 1. The van der Waals surface area contributed by atoms with Crippen molar-refractivity contribution >= 4 is 53.1 Å². The normalized spacial score (nSPS) is 21.7. The van der Waals surface area contributed by atoms with Crippen molar-refractivity contribution in [2.45, 2.75) is 130 Å². The van der Waals surface area contributed by atoms with Crippen LogP contribution >= 0.6 is 0 Å². The van der Waals surface area contributed by atoms with Gasteiger partial charge in [-0.1, -0.05) is 107 Å². The van der Waals surface area contributed by atoms with Crippen LogP contribution in [-0.4, -0.2) is 109 Å². The molecule has 6 bridgehead atoms. The summed E-state index contributed by atoms with van der Waals surface area (Å²) in [6, 6.07) is 30.3. The molecule has 3 aliphatic heterocycles. The van der Waals surface area contributed by atoms with E-state index in [9.17, 15) is 14.4 Å². The number of hydrogen-bond donors (Lipinski definition) is 2. The molecule has 8 rings (SSSR count). The lowest BCUT2D eigenvalue weighted by molar-refractivity contribution is -0.155. The van der Waals surface area contributed by atoms with Crippen LogP contribution in [-0.2, 0) is 41.2 Å². The molecule has 1 saturated heterocycles. The van der Waals surface area contributed by atoms with Crippen molar-refractivity contribution in [1.82, 2.24) is 30.2 Å². The molecule has 3 aromatic carbocycles. The molecule has 5 atom stereocenters. The Balaban J connectivity index is 1.35. The molecule has 2 unspecified atom stereocenters. The topological polar surface area (TPSA) is 136 Å². The molecule has 71 heavy (non-hydrogen) atoms. The number of aromatic nitrogens is 2. The average Bonchev–Trinajstić information content (AvgIpc) is 3.64. The number of fused-ring (bicyclic) bond motifs is 6. The zero-order valence-corrected chi connectivity index (χ0v) is 44.6. The van der Waals surface area contributed by atoms with E-state index in [2.05, 4.69) is 141 Å². The van der Waals surface area contributed by atoms with E-state index in [1.807, 2.05) is 31.3 Å². The SMILES string of the molecule is CCn1c(-c2cccnc2[C@H](C)OC)c2c3cc(ccc31)C1=CC(O[Si](c3ccccc3)(c3ccccc3)C(C)(C)C)CN(C1)C[C@H](NC(=O)OC(C)(C)C)C(=O)N1CCC[C@H](N1)C(=O)OCC(C)(C)C2. The molecule has 1 fully saturated rings. The Kier molecular flexibility index (Phi) is 15.2. The fourth-order valence-corrected chi connectivity index (χ4v) is 15.4. The van der Waals surface area contributed by atoms with Crippen LogP contribution in [0.4, 0.5) is 4.79 Å². The van der Waals surface area contributed by atoms with Crippen LogP contribution in [0.3, 0.4) is 0 Å². The van der Waals surface area contributed by atoms with Gasteiger partial charge >= 0.3 is 12.1 Å². The first kappa shape index (κ1) is 51.7. The van der Waals surface area contributed by atoms with E-state index in [4.69, 9.17) is 23.6 Å². The van der Waals surface area contributed by atoms with Crippen molar-refractivity contribution in [1.29, 1.82) is 0 Å². The summed E-state index contributed by atoms with van der Waals surface area (Å²) in [4.78, 5) is 49.8. The summed E-state index contributed by atoms with van der Waals surface area (Å²) in [5.41, 5.74) is 9.06. The van der Waals surface area contributed by atoms with E-state index in [-0.39, 0.29) is 30.2 Å². The van der Waals surface area contributed by atoms with Crippen LogP contribution in [0.5, 0.6) is 0 Å². The molecule has 2 N–H and O–H groups in total. The van der Waals surface area contributed by atoms with Crippen molar-refractivity contribution in [3.63, 3.8) is 0 Å². The summed E-state index contributed by atoms with van der Waals surface area (Å²) in [5.74, 6) is -0.795. The summed E-state index contributed by atoms with van der Waals surface area (Å²) in [7, 11) is -1.40. The van der Waals surface area contributed by atoms with Gasteiger partial charge in [0.05, 0.1) is 30.2 Å². The number of hydrazine groups is 1. The smallest absolute Gasteiger partial charge is 0.408 e. The molecule has 3 aliphatic rings. The number of hydrogen-bond acceptors (Lipinski definition) is 10. The van der Waals surface area contributed by atoms with Gasteiger partial charge in [-0.25, -0.2) is 10.2 Å². The Labute approximate surface area is 421 Å². The van der Waals surface area contributed by atoms with Gasteiger partial charge in [-0.15, -0.1) is 0 Å². The summed E-state index contributed by atoms with van der Waals surface area (Å²) in [5, 5.41) is 7.55. The van der Waals surface area contributed by atoms with Crippen molar-refractivity contribution in [3.8, 4) is 11.3 Å². The second kappa shape index (κ2) is 20.8. The number of cyclic esters (lactones) is 1. The fourth-order valence-electron chi connectivity index (χ4n) is 10.8. The molecular weight excluding hydrogens is 909 g/mol. The van der Waals surface area contributed by atoms with E-state index in [0.29, 0.717) is 45.4 Å². The van der Waals surface area contributed by atoms with Gasteiger partial charge in [0.15, 0.2) is 0 Å².